The monoisotopic (exact) mass is 283 g/mol. The molecule has 0 aliphatic carbocycles. The molecule has 2 aromatic rings. The van der Waals surface area contributed by atoms with Gasteiger partial charge in [-0.2, -0.15) is 0 Å². The Morgan fingerprint density at radius 1 is 1.10 bits per heavy atom. The number of esters is 1. The van der Waals surface area contributed by atoms with Crippen LogP contribution in [-0.2, 0) is 4.79 Å². The number of nitrogens with zero attached hydrogens (tertiary/aromatic N) is 1. The highest BCUT2D eigenvalue weighted by Gasteiger charge is 2.07. The summed E-state index contributed by atoms with van der Waals surface area (Å²) in [5.41, 5.74) is 2.94. The number of methoxy groups -OCH3 is 1. The molecule has 0 N–H and O–H groups in total. The maximum Gasteiger partial charge on any atom is 0.308 e. The lowest BCUT2D eigenvalue weighted by molar-refractivity contribution is -0.132. The first kappa shape index (κ1) is 14.8. The molecule has 4 heteroatoms. The smallest absolute Gasteiger partial charge is 0.308 e. The highest BCUT2D eigenvalue weighted by molar-refractivity contribution is 5.83. The van der Waals surface area contributed by atoms with Gasteiger partial charge in [0.1, 0.15) is 0 Å². The Morgan fingerprint density at radius 3 is 2.43 bits per heavy atom. The van der Waals surface area contributed by atoms with E-state index in [0.717, 1.165) is 11.3 Å². The fourth-order valence-electron chi connectivity index (χ4n) is 1.78. The van der Waals surface area contributed by atoms with Crippen molar-refractivity contribution >= 4 is 17.9 Å². The molecule has 4 nitrogen and oxygen atoms in total. The van der Waals surface area contributed by atoms with Crippen LogP contribution in [0.25, 0.3) is 0 Å². The molecule has 2 aromatic carbocycles. The molecule has 0 aliphatic heterocycles. The maximum atomic E-state index is 11.0. The van der Waals surface area contributed by atoms with Crippen LogP contribution in [0.5, 0.6) is 11.5 Å². The Labute approximate surface area is 124 Å². The summed E-state index contributed by atoms with van der Waals surface area (Å²) in [5, 5.41) is 0. The lowest BCUT2D eigenvalue weighted by Gasteiger charge is -2.08. The number of rotatable bonds is 4. The lowest BCUT2D eigenvalue weighted by Crippen LogP contribution is -2.03. The van der Waals surface area contributed by atoms with Gasteiger partial charge in [0.2, 0.25) is 0 Å². The summed E-state index contributed by atoms with van der Waals surface area (Å²) >= 11 is 0. The number of aliphatic imine (C=N–C) groups is 1. The molecule has 0 saturated carbocycles. The fourth-order valence-corrected chi connectivity index (χ4v) is 1.78. The van der Waals surface area contributed by atoms with Gasteiger partial charge in [0.15, 0.2) is 11.5 Å². The van der Waals surface area contributed by atoms with E-state index in [4.69, 9.17) is 9.47 Å². The van der Waals surface area contributed by atoms with Gasteiger partial charge in [-0.05, 0) is 42.8 Å². The Hall–Kier alpha value is -2.62. The van der Waals surface area contributed by atoms with E-state index >= 15 is 0 Å². The fraction of sp³-hybridized carbons (Fsp3) is 0.176. The Kier molecular flexibility index (Phi) is 4.72. The summed E-state index contributed by atoms with van der Waals surface area (Å²) in [4.78, 5) is 15.4. The molecule has 0 unspecified atom stereocenters. The van der Waals surface area contributed by atoms with E-state index in [1.54, 1.807) is 18.3 Å². The van der Waals surface area contributed by atoms with Crippen LogP contribution in [0.3, 0.4) is 0 Å². The maximum absolute atomic E-state index is 11.0. The molecule has 0 radical (unpaired) electrons. The molecule has 2 rings (SSSR count). The summed E-state index contributed by atoms with van der Waals surface area (Å²) in [7, 11) is 1.53. The minimum atomic E-state index is -0.380. The normalized spacial score (nSPS) is 10.6. The topological polar surface area (TPSA) is 47.9 Å². The summed E-state index contributed by atoms with van der Waals surface area (Å²) in [5.74, 6) is 0.518. The number of carbonyl (C=O) groups is 1. The van der Waals surface area contributed by atoms with Crippen LogP contribution in [-0.4, -0.2) is 19.3 Å². The molecule has 21 heavy (non-hydrogen) atoms. The summed E-state index contributed by atoms with van der Waals surface area (Å²) < 4.78 is 10.3. The van der Waals surface area contributed by atoms with Gasteiger partial charge < -0.3 is 9.47 Å². The third kappa shape index (κ3) is 4.18. The zero-order valence-corrected chi connectivity index (χ0v) is 12.3. The second-order valence-corrected chi connectivity index (χ2v) is 4.60. The summed E-state index contributed by atoms with van der Waals surface area (Å²) in [6.45, 7) is 3.39. The molecule has 0 spiro atoms. The molecule has 0 aliphatic rings. The highest BCUT2D eigenvalue weighted by Crippen LogP contribution is 2.27. The first-order chi connectivity index (χ1) is 10.1. The van der Waals surface area contributed by atoms with Crippen LogP contribution >= 0.6 is 0 Å². The highest BCUT2D eigenvalue weighted by atomic mass is 16.6. The quantitative estimate of drug-likeness (QED) is 0.488. The van der Waals surface area contributed by atoms with Crippen LogP contribution in [0.15, 0.2) is 47.5 Å². The van der Waals surface area contributed by atoms with Gasteiger partial charge in [-0.25, -0.2) is 0 Å². The van der Waals surface area contributed by atoms with E-state index in [1.807, 2.05) is 37.3 Å². The van der Waals surface area contributed by atoms with Gasteiger partial charge in [0, 0.05) is 13.1 Å². The molecule has 0 aromatic heterocycles. The largest absolute Gasteiger partial charge is 0.493 e. The Balaban J connectivity index is 2.20. The third-order valence-corrected chi connectivity index (χ3v) is 2.84. The van der Waals surface area contributed by atoms with Gasteiger partial charge in [0.05, 0.1) is 12.8 Å². The van der Waals surface area contributed by atoms with Crippen molar-refractivity contribution in [2.45, 2.75) is 13.8 Å². The van der Waals surface area contributed by atoms with E-state index in [0.29, 0.717) is 11.5 Å². The molecular formula is C17H17NO3. The Morgan fingerprint density at radius 2 is 1.81 bits per heavy atom. The molecule has 0 bridgehead atoms. The van der Waals surface area contributed by atoms with Crippen molar-refractivity contribution in [2.75, 3.05) is 7.11 Å². The van der Waals surface area contributed by atoms with Crippen molar-refractivity contribution in [3.63, 3.8) is 0 Å². The van der Waals surface area contributed by atoms with Crippen molar-refractivity contribution in [1.29, 1.82) is 0 Å². The molecule has 0 fully saturated rings. The number of hydrogen-bond acceptors (Lipinski definition) is 4. The zero-order chi connectivity index (χ0) is 15.2. The van der Waals surface area contributed by atoms with E-state index in [1.165, 1.54) is 19.6 Å². The SMILES string of the molecule is COc1cc(C=Nc2ccc(C)cc2)ccc1OC(C)=O. The van der Waals surface area contributed by atoms with Crippen molar-refractivity contribution in [3.05, 3.63) is 53.6 Å². The van der Waals surface area contributed by atoms with E-state index < -0.39 is 0 Å². The molecule has 108 valence electrons. The molecule has 0 saturated heterocycles. The molecule has 0 amide bonds. The lowest BCUT2D eigenvalue weighted by atomic mass is 10.2. The van der Waals surface area contributed by atoms with Gasteiger partial charge in [-0.15, -0.1) is 0 Å². The zero-order valence-electron chi connectivity index (χ0n) is 12.3. The van der Waals surface area contributed by atoms with E-state index in [-0.39, 0.29) is 5.97 Å². The van der Waals surface area contributed by atoms with Gasteiger partial charge in [-0.3, -0.25) is 9.79 Å². The predicted molar refractivity (Wildman–Crippen MR) is 82.7 cm³/mol. The van der Waals surface area contributed by atoms with Crippen LogP contribution in [0.2, 0.25) is 0 Å². The number of hydrogen-bond donors (Lipinski definition) is 0. The van der Waals surface area contributed by atoms with Crippen molar-refractivity contribution in [1.82, 2.24) is 0 Å². The van der Waals surface area contributed by atoms with Crippen molar-refractivity contribution in [3.8, 4) is 11.5 Å². The minimum absolute atomic E-state index is 0.380. The van der Waals surface area contributed by atoms with E-state index in [2.05, 4.69) is 4.99 Å². The summed E-state index contributed by atoms with van der Waals surface area (Å²) in [6, 6.07) is 13.2. The average Bonchev–Trinajstić information content (AvgIpc) is 2.47. The van der Waals surface area contributed by atoms with Gasteiger partial charge >= 0.3 is 5.97 Å². The minimum Gasteiger partial charge on any atom is -0.493 e. The van der Waals surface area contributed by atoms with Crippen LogP contribution in [0.1, 0.15) is 18.1 Å². The predicted octanol–water partition coefficient (Wildman–Crippen LogP) is 3.68. The molecule has 0 heterocycles. The number of carbonyl (C=O) groups excluding carboxylic acids is 1. The number of aryl methyl sites for hydroxylation is 1. The van der Waals surface area contributed by atoms with Gasteiger partial charge in [0.25, 0.3) is 0 Å². The Bertz CT molecular complexity index is 660. The number of ether oxygens (including phenoxy) is 2. The average molecular weight is 283 g/mol. The molecule has 0 atom stereocenters. The van der Waals surface area contributed by atoms with Gasteiger partial charge in [-0.1, -0.05) is 17.7 Å². The van der Waals surface area contributed by atoms with Crippen molar-refractivity contribution < 1.29 is 14.3 Å². The van der Waals surface area contributed by atoms with Crippen LogP contribution < -0.4 is 9.47 Å². The third-order valence-electron chi connectivity index (χ3n) is 2.84. The standard InChI is InChI=1S/C17H17NO3/c1-12-4-7-15(8-5-12)18-11-14-6-9-16(21-13(2)19)17(10-14)20-3/h4-11H,1-3H3. The van der Waals surface area contributed by atoms with Crippen molar-refractivity contribution in [2.24, 2.45) is 4.99 Å². The number of benzene rings is 2. The first-order valence-corrected chi connectivity index (χ1v) is 6.55. The van der Waals surface area contributed by atoms with Crippen LogP contribution in [0, 0.1) is 6.92 Å². The second-order valence-electron chi connectivity index (χ2n) is 4.60. The molecular weight excluding hydrogens is 266 g/mol. The van der Waals surface area contributed by atoms with Crippen LogP contribution in [0.4, 0.5) is 5.69 Å². The van der Waals surface area contributed by atoms with E-state index in [9.17, 15) is 4.79 Å². The first-order valence-electron chi connectivity index (χ1n) is 6.55. The summed E-state index contributed by atoms with van der Waals surface area (Å²) in [6.07, 6.45) is 1.74. The second kappa shape index (κ2) is 6.70.